The van der Waals surface area contributed by atoms with E-state index in [1.54, 1.807) is 62.8 Å². The zero-order valence-electron chi connectivity index (χ0n) is 19.4. The Balaban J connectivity index is 1.56. The summed E-state index contributed by atoms with van der Waals surface area (Å²) >= 11 is 0. The first kappa shape index (κ1) is 22.8. The number of rotatable bonds is 8. The van der Waals surface area contributed by atoms with Gasteiger partial charge in [-0.25, -0.2) is 0 Å². The first-order valence-electron chi connectivity index (χ1n) is 10.7. The van der Waals surface area contributed by atoms with Crippen LogP contribution >= 0.6 is 0 Å². The maximum atomic E-state index is 12.8. The topological polar surface area (TPSA) is 95.7 Å². The molecular formula is C26H25N3O5. The molecule has 4 aromatic rings. The van der Waals surface area contributed by atoms with Gasteiger partial charge < -0.3 is 24.1 Å². The fourth-order valence-corrected chi connectivity index (χ4v) is 3.36. The second-order valence-corrected chi connectivity index (χ2v) is 7.68. The van der Waals surface area contributed by atoms with Crippen LogP contribution in [-0.4, -0.2) is 36.4 Å². The number of carbonyl (C=O) groups excluding carboxylic acids is 1. The van der Waals surface area contributed by atoms with Crippen LogP contribution in [0.2, 0.25) is 0 Å². The molecule has 1 amide bonds. The Hall–Kier alpha value is -4.33. The van der Waals surface area contributed by atoms with Crippen LogP contribution in [0.4, 0.5) is 5.69 Å². The van der Waals surface area contributed by atoms with E-state index in [9.17, 15) is 4.79 Å². The van der Waals surface area contributed by atoms with E-state index in [1.807, 2.05) is 32.0 Å². The summed E-state index contributed by atoms with van der Waals surface area (Å²) in [6.45, 7) is 3.90. The Labute approximate surface area is 197 Å². The second kappa shape index (κ2) is 10.1. The number of methoxy groups -OCH3 is 2. The average Bonchev–Trinajstić information content (AvgIpc) is 3.34. The van der Waals surface area contributed by atoms with Gasteiger partial charge in [-0.2, -0.15) is 4.98 Å². The van der Waals surface area contributed by atoms with Gasteiger partial charge >= 0.3 is 0 Å². The predicted octanol–water partition coefficient (Wildman–Crippen LogP) is 5.46. The summed E-state index contributed by atoms with van der Waals surface area (Å²) in [6.07, 6.45) is 0.0600. The Kier molecular flexibility index (Phi) is 6.77. The molecule has 0 unspecified atom stereocenters. The average molecular weight is 460 g/mol. The van der Waals surface area contributed by atoms with Crippen molar-refractivity contribution in [3.8, 4) is 40.1 Å². The SMILES string of the molecule is COc1ccc(-c2noc(-c3ccccc3NC(=O)c3ccc(OC(C)C)cc3)n2)cc1OC. The van der Waals surface area contributed by atoms with Crippen LogP contribution in [0.5, 0.6) is 17.2 Å². The number of hydrogen-bond donors (Lipinski definition) is 1. The minimum absolute atomic E-state index is 0.0600. The van der Waals surface area contributed by atoms with Crippen molar-refractivity contribution >= 4 is 11.6 Å². The molecule has 8 heteroatoms. The summed E-state index contributed by atoms with van der Waals surface area (Å²) < 4.78 is 21.8. The minimum Gasteiger partial charge on any atom is -0.493 e. The van der Waals surface area contributed by atoms with Crippen molar-refractivity contribution in [3.05, 3.63) is 72.3 Å². The molecule has 1 heterocycles. The molecule has 174 valence electrons. The van der Waals surface area contributed by atoms with E-state index < -0.39 is 0 Å². The van der Waals surface area contributed by atoms with E-state index >= 15 is 0 Å². The highest BCUT2D eigenvalue weighted by Crippen LogP contribution is 2.33. The van der Waals surface area contributed by atoms with Crippen LogP contribution in [-0.2, 0) is 0 Å². The van der Waals surface area contributed by atoms with E-state index in [4.69, 9.17) is 18.7 Å². The van der Waals surface area contributed by atoms with Gasteiger partial charge in [0.2, 0.25) is 5.82 Å². The van der Waals surface area contributed by atoms with Crippen LogP contribution in [0.15, 0.2) is 71.3 Å². The molecule has 0 bridgehead atoms. The molecule has 1 N–H and O–H groups in total. The summed E-state index contributed by atoms with van der Waals surface area (Å²) in [4.78, 5) is 17.4. The van der Waals surface area contributed by atoms with Gasteiger partial charge in [0.15, 0.2) is 11.5 Å². The fraction of sp³-hybridized carbons (Fsp3) is 0.192. The normalized spacial score (nSPS) is 10.7. The molecule has 0 radical (unpaired) electrons. The number of hydrogen-bond acceptors (Lipinski definition) is 7. The molecule has 0 aliphatic heterocycles. The maximum Gasteiger partial charge on any atom is 0.260 e. The van der Waals surface area contributed by atoms with Crippen LogP contribution in [0.25, 0.3) is 22.8 Å². The highest BCUT2D eigenvalue weighted by atomic mass is 16.5. The van der Waals surface area contributed by atoms with Crippen molar-refractivity contribution in [1.29, 1.82) is 0 Å². The summed E-state index contributed by atoms with van der Waals surface area (Å²) in [5.41, 5.74) is 2.37. The van der Waals surface area contributed by atoms with E-state index in [-0.39, 0.29) is 17.9 Å². The number of amides is 1. The smallest absolute Gasteiger partial charge is 0.260 e. The largest absolute Gasteiger partial charge is 0.493 e. The fourth-order valence-electron chi connectivity index (χ4n) is 3.36. The predicted molar refractivity (Wildman–Crippen MR) is 128 cm³/mol. The number of carbonyl (C=O) groups is 1. The Morgan fingerprint density at radius 3 is 2.38 bits per heavy atom. The number of ether oxygens (including phenoxy) is 3. The molecule has 0 fully saturated rings. The first-order chi connectivity index (χ1) is 16.5. The molecule has 0 spiro atoms. The summed E-state index contributed by atoms with van der Waals surface area (Å²) in [6, 6.07) is 19.6. The molecule has 0 aliphatic carbocycles. The number of nitrogens with one attached hydrogen (secondary N) is 1. The highest BCUT2D eigenvalue weighted by molar-refractivity contribution is 6.06. The molecule has 0 saturated carbocycles. The molecule has 0 atom stereocenters. The van der Waals surface area contributed by atoms with Gasteiger partial charge in [0.1, 0.15) is 5.75 Å². The monoisotopic (exact) mass is 459 g/mol. The van der Waals surface area contributed by atoms with Gasteiger partial charge in [-0.3, -0.25) is 4.79 Å². The van der Waals surface area contributed by atoms with Gasteiger partial charge in [0, 0.05) is 11.1 Å². The van der Waals surface area contributed by atoms with Crippen molar-refractivity contribution in [1.82, 2.24) is 10.1 Å². The van der Waals surface area contributed by atoms with Crippen molar-refractivity contribution in [3.63, 3.8) is 0 Å². The molecular weight excluding hydrogens is 434 g/mol. The molecule has 0 aliphatic rings. The second-order valence-electron chi connectivity index (χ2n) is 7.68. The standard InChI is InChI=1S/C26H25N3O5/c1-16(2)33-19-12-9-17(10-13-19)25(30)27-21-8-6-5-7-20(21)26-28-24(29-34-26)18-11-14-22(31-3)23(15-18)32-4/h5-16H,1-4H3,(H,27,30). The number of para-hydroxylation sites is 1. The van der Waals surface area contributed by atoms with Gasteiger partial charge in [-0.05, 0) is 68.4 Å². The van der Waals surface area contributed by atoms with Gasteiger partial charge in [-0.1, -0.05) is 17.3 Å². The maximum absolute atomic E-state index is 12.8. The van der Waals surface area contributed by atoms with Gasteiger partial charge in [0.05, 0.1) is 31.6 Å². The molecule has 3 aromatic carbocycles. The first-order valence-corrected chi connectivity index (χ1v) is 10.7. The van der Waals surface area contributed by atoms with Crippen LogP contribution < -0.4 is 19.5 Å². The third-order valence-electron chi connectivity index (χ3n) is 4.96. The van der Waals surface area contributed by atoms with Crippen molar-refractivity contribution < 1.29 is 23.5 Å². The molecule has 34 heavy (non-hydrogen) atoms. The summed E-state index contributed by atoms with van der Waals surface area (Å²) in [5.74, 6) is 2.28. The lowest BCUT2D eigenvalue weighted by molar-refractivity contribution is 0.102. The minimum atomic E-state index is -0.261. The van der Waals surface area contributed by atoms with E-state index in [1.165, 1.54) is 0 Å². The lowest BCUT2D eigenvalue weighted by Crippen LogP contribution is -2.13. The van der Waals surface area contributed by atoms with E-state index in [2.05, 4.69) is 15.5 Å². The summed E-state index contributed by atoms with van der Waals surface area (Å²) in [5, 5.41) is 7.02. The molecule has 0 saturated heterocycles. The van der Waals surface area contributed by atoms with Gasteiger partial charge in [0.25, 0.3) is 11.8 Å². The third kappa shape index (κ3) is 5.01. The summed E-state index contributed by atoms with van der Waals surface area (Å²) in [7, 11) is 3.14. The van der Waals surface area contributed by atoms with Crippen LogP contribution in [0.3, 0.4) is 0 Å². The molecule has 8 nitrogen and oxygen atoms in total. The number of anilines is 1. The lowest BCUT2D eigenvalue weighted by Gasteiger charge is -2.11. The zero-order chi connectivity index (χ0) is 24.1. The zero-order valence-corrected chi connectivity index (χ0v) is 19.4. The van der Waals surface area contributed by atoms with Crippen molar-refractivity contribution in [2.45, 2.75) is 20.0 Å². The van der Waals surface area contributed by atoms with Crippen molar-refractivity contribution in [2.24, 2.45) is 0 Å². The number of nitrogens with zero attached hydrogens (tertiary/aromatic N) is 2. The lowest BCUT2D eigenvalue weighted by atomic mass is 10.1. The van der Waals surface area contributed by atoms with Crippen molar-refractivity contribution in [2.75, 3.05) is 19.5 Å². The Morgan fingerprint density at radius 2 is 1.68 bits per heavy atom. The third-order valence-corrected chi connectivity index (χ3v) is 4.96. The number of benzene rings is 3. The van der Waals surface area contributed by atoms with Crippen LogP contribution in [0, 0.1) is 0 Å². The van der Waals surface area contributed by atoms with E-state index in [0.717, 1.165) is 0 Å². The van der Waals surface area contributed by atoms with Gasteiger partial charge in [-0.15, -0.1) is 0 Å². The van der Waals surface area contributed by atoms with Crippen LogP contribution in [0.1, 0.15) is 24.2 Å². The quantitative estimate of drug-likeness (QED) is 0.374. The Bertz CT molecular complexity index is 1280. The molecule has 4 rings (SSSR count). The highest BCUT2D eigenvalue weighted by Gasteiger charge is 2.17. The number of aromatic nitrogens is 2. The Morgan fingerprint density at radius 1 is 0.941 bits per heavy atom. The van der Waals surface area contributed by atoms with E-state index in [0.29, 0.717) is 45.5 Å². The molecule has 1 aromatic heterocycles.